The Morgan fingerprint density at radius 2 is 1.90 bits per heavy atom. The fourth-order valence-corrected chi connectivity index (χ4v) is 1.11. The van der Waals surface area contributed by atoms with Crippen molar-refractivity contribution < 1.29 is 20.1 Å². The van der Waals surface area contributed by atoms with Crippen LogP contribution >= 0.6 is 0 Å². The van der Waals surface area contributed by atoms with Crippen LogP contribution in [0.15, 0.2) is 0 Å². The first-order valence-corrected chi connectivity index (χ1v) is 3.38. The SMILES string of the molecule is [CH2-]C1[N-]C(C)C(C)N1C.[Ir]. The molecule has 0 spiro atoms. The minimum absolute atomic E-state index is 0. The van der Waals surface area contributed by atoms with Gasteiger partial charge in [-0.2, -0.15) is 0 Å². The second-order valence-electron chi connectivity index (χ2n) is 2.78. The molecule has 1 heterocycles. The largest absolute Gasteiger partial charge is 0.670 e. The van der Waals surface area contributed by atoms with E-state index in [4.69, 9.17) is 0 Å². The molecule has 1 rings (SSSR count). The van der Waals surface area contributed by atoms with Gasteiger partial charge >= 0.3 is 0 Å². The van der Waals surface area contributed by atoms with Crippen LogP contribution in [-0.2, 0) is 20.1 Å². The van der Waals surface area contributed by atoms with E-state index in [1.807, 2.05) is 0 Å². The molecule has 0 aromatic rings. The van der Waals surface area contributed by atoms with Crippen molar-refractivity contribution in [2.75, 3.05) is 7.05 Å². The topological polar surface area (TPSA) is 17.3 Å². The van der Waals surface area contributed by atoms with E-state index in [2.05, 4.69) is 38.0 Å². The molecule has 3 atom stereocenters. The van der Waals surface area contributed by atoms with Crippen molar-refractivity contribution in [1.82, 2.24) is 4.90 Å². The molecule has 63 valence electrons. The summed E-state index contributed by atoms with van der Waals surface area (Å²) in [5, 5.41) is 4.37. The standard InChI is InChI=1S/C7H14N2.Ir/c1-5-6(2)9(4)7(3)8-5;/h5-7H,3H2,1-2,4H3;/q-2;. The van der Waals surface area contributed by atoms with Gasteiger partial charge in [0.15, 0.2) is 0 Å². The minimum Gasteiger partial charge on any atom is -0.670 e. The molecule has 0 bridgehead atoms. The Hall–Kier alpha value is 0.569. The van der Waals surface area contributed by atoms with Crippen LogP contribution in [-0.4, -0.2) is 30.2 Å². The van der Waals surface area contributed by atoms with Crippen molar-refractivity contribution in [2.45, 2.75) is 32.1 Å². The molecule has 0 amide bonds. The molecule has 1 radical (unpaired) electrons. The van der Waals surface area contributed by atoms with Gasteiger partial charge in [0.1, 0.15) is 0 Å². The molecule has 0 saturated carbocycles. The Kier molecular flexibility index (Phi) is 4.03. The van der Waals surface area contributed by atoms with Gasteiger partial charge in [0.25, 0.3) is 0 Å². The molecular formula is C7H14IrN2-2. The molecule has 1 fully saturated rings. The average Bonchev–Trinajstić information content (AvgIpc) is 1.98. The van der Waals surface area contributed by atoms with Gasteiger partial charge in [0.2, 0.25) is 0 Å². The molecule has 1 aliphatic heterocycles. The Morgan fingerprint density at radius 1 is 1.40 bits per heavy atom. The Morgan fingerprint density at radius 3 is 2.00 bits per heavy atom. The van der Waals surface area contributed by atoms with Crippen LogP contribution in [0.4, 0.5) is 0 Å². The first-order valence-electron chi connectivity index (χ1n) is 3.38. The van der Waals surface area contributed by atoms with E-state index >= 15 is 0 Å². The van der Waals surface area contributed by atoms with Gasteiger partial charge in [0, 0.05) is 20.1 Å². The van der Waals surface area contributed by atoms with E-state index in [-0.39, 0.29) is 26.3 Å². The predicted molar refractivity (Wildman–Crippen MR) is 39.2 cm³/mol. The second kappa shape index (κ2) is 3.82. The molecule has 3 heteroatoms. The van der Waals surface area contributed by atoms with Crippen LogP contribution in [0.1, 0.15) is 13.8 Å². The van der Waals surface area contributed by atoms with Gasteiger partial charge in [-0.05, 0) is 13.1 Å². The molecule has 0 aromatic heterocycles. The average molecular weight is 318 g/mol. The van der Waals surface area contributed by atoms with Gasteiger partial charge < -0.3 is 17.1 Å². The van der Waals surface area contributed by atoms with E-state index in [9.17, 15) is 0 Å². The summed E-state index contributed by atoms with van der Waals surface area (Å²) in [7, 11) is 2.06. The molecule has 2 nitrogen and oxygen atoms in total. The van der Waals surface area contributed by atoms with Gasteiger partial charge in [-0.15, -0.1) is 6.04 Å². The maximum atomic E-state index is 4.37. The van der Waals surface area contributed by atoms with Crippen molar-refractivity contribution >= 4 is 0 Å². The molecule has 1 aliphatic rings. The van der Waals surface area contributed by atoms with Gasteiger partial charge in [-0.1, -0.05) is 13.8 Å². The Labute approximate surface area is 76.7 Å². The Bertz CT molecular complexity index is 95.8. The van der Waals surface area contributed by atoms with Crippen LogP contribution in [0.3, 0.4) is 0 Å². The van der Waals surface area contributed by atoms with E-state index in [0.717, 1.165) is 0 Å². The zero-order chi connectivity index (χ0) is 7.02. The minimum atomic E-state index is 0. The summed E-state index contributed by atoms with van der Waals surface area (Å²) in [5.74, 6) is 0. The Balaban J connectivity index is 0.000000810. The summed E-state index contributed by atoms with van der Waals surface area (Å²) in [6.07, 6.45) is 0.176. The summed E-state index contributed by atoms with van der Waals surface area (Å²) in [6.45, 7) is 8.19. The number of likely N-dealkylation sites (N-methyl/N-ethyl adjacent to an activating group) is 1. The third-order valence-corrected chi connectivity index (χ3v) is 2.22. The van der Waals surface area contributed by atoms with Crippen LogP contribution in [0.5, 0.6) is 0 Å². The van der Waals surface area contributed by atoms with Gasteiger partial charge in [-0.3, -0.25) is 0 Å². The van der Waals surface area contributed by atoms with E-state index in [1.165, 1.54) is 0 Å². The van der Waals surface area contributed by atoms with Gasteiger partial charge in [0.05, 0.1) is 0 Å². The summed E-state index contributed by atoms with van der Waals surface area (Å²) in [6, 6.07) is 1.02. The van der Waals surface area contributed by atoms with Crippen molar-refractivity contribution in [3.8, 4) is 0 Å². The van der Waals surface area contributed by atoms with E-state index in [1.54, 1.807) is 0 Å². The molecule has 0 aliphatic carbocycles. The van der Waals surface area contributed by atoms with Crippen molar-refractivity contribution in [3.05, 3.63) is 12.2 Å². The number of nitrogens with zero attached hydrogens (tertiary/aromatic N) is 2. The normalized spacial score (nSPS) is 41.4. The summed E-state index contributed by atoms with van der Waals surface area (Å²) in [4.78, 5) is 2.19. The first-order chi connectivity index (χ1) is 4.13. The summed E-state index contributed by atoms with van der Waals surface area (Å²) < 4.78 is 0. The van der Waals surface area contributed by atoms with Crippen molar-refractivity contribution in [1.29, 1.82) is 0 Å². The van der Waals surface area contributed by atoms with E-state index < -0.39 is 0 Å². The van der Waals surface area contributed by atoms with Crippen LogP contribution in [0.2, 0.25) is 0 Å². The second-order valence-corrected chi connectivity index (χ2v) is 2.78. The predicted octanol–water partition coefficient (Wildman–Crippen LogP) is 1.24. The quantitative estimate of drug-likeness (QED) is 0.614. The molecule has 0 N–H and O–H groups in total. The van der Waals surface area contributed by atoms with Crippen molar-refractivity contribution in [3.63, 3.8) is 0 Å². The third kappa shape index (κ3) is 1.79. The third-order valence-electron chi connectivity index (χ3n) is 2.22. The monoisotopic (exact) mass is 319 g/mol. The fraction of sp³-hybridized carbons (Fsp3) is 0.857. The molecule has 1 saturated heterocycles. The zero-order valence-electron chi connectivity index (χ0n) is 6.67. The first kappa shape index (κ1) is 10.6. The summed E-state index contributed by atoms with van der Waals surface area (Å²) >= 11 is 0. The molecule has 10 heavy (non-hydrogen) atoms. The molecule has 0 aromatic carbocycles. The van der Waals surface area contributed by atoms with Crippen LogP contribution in [0, 0.1) is 6.92 Å². The maximum Gasteiger partial charge on any atom is 0 e. The summed E-state index contributed by atoms with van der Waals surface area (Å²) in [5.41, 5.74) is 0. The van der Waals surface area contributed by atoms with Crippen LogP contribution < -0.4 is 0 Å². The van der Waals surface area contributed by atoms with Crippen molar-refractivity contribution in [2.24, 2.45) is 0 Å². The zero-order valence-corrected chi connectivity index (χ0v) is 9.06. The number of rotatable bonds is 0. The molecule has 3 unspecified atom stereocenters. The number of hydrogen-bond donors (Lipinski definition) is 0. The van der Waals surface area contributed by atoms with Crippen LogP contribution in [0.25, 0.3) is 5.32 Å². The smallest absolute Gasteiger partial charge is 0 e. The molecular weight excluding hydrogens is 304 g/mol. The maximum absolute atomic E-state index is 4.37. The van der Waals surface area contributed by atoms with Gasteiger partial charge in [-0.25, -0.2) is 6.17 Å². The fourth-order valence-electron chi connectivity index (χ4n) is 1.11. The number of hydrogen-bond acceptors (Lipinski definition) is 1. The van der Waals surface area contributed by atoms with E-state index in [0.29, 0.717) is 12.1 Å².